The van der Waals surface area contributed by atoms with Crippen LogP contribution in [-0.2, 0) is 9.05 Å². The van der Waals surface area contributed by atoms with Gasteiger partial charge in [0.05, 0.1) is 5.69 Å². The summed E-state index contributed by atoms with van der Waals surface area (Å²) in [6.07, 6.45) is 0. The summed E-state index contributed by atoms with van der Waals surface area (Å²) in [5.74, 6) is 0. The average Bonchev–Trinajstić information content (AvgIpc) is 2.11. The summed E-state index contributed by atoms with van der Waals surface area (Å²) in [5, 5.41) is 3.05. The summed E-state index contributed by atoms with van der Waals surface area (Å²) in [6, 6.07) is 0. The molecule has 0 spiro atoms. The topological polar surface area (TPSA) is 60.2 Å². The van der Waals surface area contributed by atoms with E-state index in [1.54, 1.807) is 6.92 Å². The molecule has 0 aliphatic rings. The Morgan fingerprint density at radius 2 is 2.18 bits per heavy atom. The van der Waals surface area contributed by atoms with E-state index in [0.717, 1.165) is 0 Å². The zero-order valence-electron chi connectivity index (χ0n) is 5.34. The molecule has 0 radical (unpaired) electrons. The van der Waals surface area contributed by atoms with Gasteiger partial charge in [-0.1, -0.05) is 5.16 Å². The molecule has 0 aliphatic carbocycles. The van der Waals surface area contributed by atoms with Crippen molar-refractivity contribution in [1.29, 1.82) is 0 Å². The monoisotopic (exact) mass is 259 g/mol. The maximum absolute atomic E-state index is 10.7. The van der Waals surface area contributed by atoms with Crippen LogP contribution < -0.4 is 0 Å². The van der Waals surface area contributed by atoms with Crippen LogP contribution >= 0.6 is 26.6 Å². The summed E-state index contributed by atoms with van der Waals surface area (Å²) >= 11 is 2.97. The van der Waals surface area contributed by atoms with Crippen LogP contribution in [0.4, 0.5) is 0 Å². The second-order valence-electron chi connectivity index (χ2n) is 1.81. The third-order valence-electron chi connectivity index (χ3n) is 0.984. The SMILES string of the molecule is Cc1noc(S(=O)(=O)Cl)c1Br. The summed E-state index contributed by atoms with van der Waals surface area (Å²) < 4.78 is 26.1. The Labute approximate surface area is 76.1 Å². The number of aryl methyl sites for hydroxylation is 1. The molecule has 7 heteroatoms. The summed E-state index contributed by atoms with van der Waals surface area (Å²) in [6.45, 7) is 1.60. The molecule has 1 aromatic rings. The van der Waals surface area contributed by atoms with Gasteiger partial charge in [0.25, 0.3) is 14.1 Å². The van der Waals surface area contributed by atoms with E-state index >= 15 is 0 Å². The van der Waals surface area contributed by atoms with Gasteiger partial charge in [-0.05, 0) is 22.9 Å². The lowest BCUT2D eigenvalue weighted by molar-refractivity contribution is 0.337. The van der Waals surface area contributed by atoms with Gasteiger partial charge in [0, 0.05) is 10.7 Å². The van der Waals surface area contributed by atoms with E-state index in [9.17, 15) is 8.42 Å². The molecule has 1 aromatic heterocycles. The van der Waals surface area contributed by atoms with Crippen molar-refractivity contribution in [2.45, 2.75) is 12.0 Å². The van der Waals surface area contributed by atoms with Crippen molar-refractivity contribution < 1.29 is 12.9 Å². The summed E-state index contributed by atoms with van der Waals surface area (Å²) in [4.78, 5) is 0. The molecule has 0 unspecified atom stereocenters. The van der Waals surface area contributed by atoms with Gasteiger partial charge >= 0.3 is 0 Å². The molecule has 0 N–H and O–H groups in total. The lowest BCUT2D eigenvalue weighted by Crippen LogP contribution is -1.87. The molecule has 4 nitrogen and oxygen atoms in total. The van der Waals surface area contributed by atoms with E-state index in [2.05, 4.69) is 25.6 Å². The first kappa shape index (κ1) is 9.02. The van der Waals surface area contributed by atoms with Gasteiger partial charge in [-0.25, -0.2) is 8.42 Å². The molecule has 1 heterocycles. The van der Waals surface area contributed by atoms with Crippen molar-refractivity contribution in [2.75, 3.05) is 0 Å². The van der Waals surface area contributed by atoms with Gasteiger partial charge in [-0.2, -0.15) is 0 Å². The number of rotatable bonds is 1. The molecule has 0 aliphatic heterocycles. The smallest absolute Gasteiger partial charge is 0.298 e. The van der Waals surface area contributed by atoms with Gasteiger partial charge < -0.3 is 4.52 Å². The van der Waals surface area contributed by atoms with Crippen LogP contribution in [0.2, 0.25) is 0 Å². The van der Waals surface area contributed by atoms with Crippen LogP contribution in [0.1, 0.15) is 5.69 Å². The molecule has 0 fully saturated rings. The molecular formula is C4H3BrClNO3S. The third-order valence-corrected chi connectivity index (χ3v) is 3.32. The van der Waals surface area contributed by atoms with E-state index in [1.165, 1.54) is 0 Å². The molecule has 0 bridgehead atoms. The van der Waals surface area contributed by atoms with Crippen molar-refractivity contribution in [2.24, 2.45) is 0 Å². The maximum Gasteiger partial charge on any atom is 0.298 e. The molecule has 0 saturated heterocycles. The van der Waals surface area contributed by atoms with Crippen LogP contribution in [0.15, 0.2) is 14.1 Å². The minimum atomic E-state index is -3.82. The fraction of sp³-hybridized carbons (Fsp3) is 0.250. The van der Waals surface area contributed by atoms with Crippen molar-refractivity contribution in [1.82, 2.24) is 5.16 Å². The Balaban J connectivity index is 3.38. The molecule has 0 atom stereocenters. The second-order valence-corrected chi connectivity index (χ2v) is 5.07. The lowest BCUT2D eigenvalue weighted by Gasteiger charge is -1.86. The Morgan fingerprint density at radius 1 is 1.64 bits per heavy atom. The maximum atomic E-state index is 10.7. The minimum absolute atomic E-state index is 0.271. The Hall–Kier alpha value is -0.0700. The zero-order valence-corrected chi connectivity index (χ0v) is 8.49. The second kappa shape index (κ2) is 2.76. The number of nitrogens with zero attached hydrogens (tertiary/aromatic N) is 1. The van der Waals surface area contributed by atoms with Gasteiger partial charge in [-0.15, -0.1) is 0 Å². The average molecular weight is 260 g/mol. The van der Waals surface area contributed by atoms with Crippen LogP contribution in [0.3, 0.4) is 0 Å². The first-order chi connectivity index (χ1) is 4.93. The van der Waals surface area contributed by atoms with Crippen molar-refractivity contribution in [3.63, 3.8) is 0 Å². The summed E-state index contributed by atoms with van der Waals surface area (Å²) in [5.41, 5.74) is 0.448. The predicted octanol–water partition coefficient (Wildman–Crippen LogP) is 1.67. The largest absolute Gasteiger partial charge is 0.342 e. The number of hydrogen-bond donors (Lipinski definition) is 0. The van der Waals surface area contributed by atoms with Crippen molar-refractivity contribution in [3.05, 3.63) is 10.2 Å². The summed E-state index contributed by atoms with van der Waals surface area (Å²) in [7, 11) is 1.17. The van der Waals surface area contributed by atoms with Gasteiger partial charge in [-0.3, -0.25) is 0 Å². The number of halogens is 2. The normalized spacial score (nSPS) is 11.9. The van der Waals surface area contributed by atoms with E-state index < -0.39 is 9.05 Å². The molecule has 11 heavy (non-hydrogen) atoms. The van der Waals surface area contributed by atoms with E-state index in [-0.39, 0.29) is 9.56 Å². The van der Waals surface area contributed by atoms with Gasteiger partial charge in [0.2, 0.25) is 0 Å². The molecule has 62 valence electrons. The molecule has 0 aromatic carbocycles. The standard InChI is InChI=1S/C4H3BrClNO3S/c1-2-3(5)4(10-7-2)11(6,8)9/h1H3. The van der Waals surface area contributed by atoms with E-state index in [0.29, 0.717) is 5.69 Å². The van der Waals surface area contributed by atoms with Crippen LogP contribution in [0.5, 0.6) is 0 Å². The Kier molecular flexibility index (Phi) is 2.27. The number of hydrogen-bond acceptors (Lipinski definition) is 4. The van der Waals surface area contributed by atoms with Gasteiger partial charge in [0.15, 0.2) is 0 Å². The predicted molar refractivity (Wildman–Crippen MR) is 42.0 cm³/mol. The quantitative estimate of drug-likeness (QED) is 0.721. The van der Waals surface area contributed by atoms with Crippen LogP contribution in [-0.4, -0.2) is 13.6 Å². The highest BCUT2D eigenvalue weighted by molar-refractivity contribution is 9.10. The fourth-order valence-corrected chi connectivity index (χ4v) is 2.36. The van der Waals surface area contributed by atoms with Crippen LogP contribution in [0.25, 0.3) is 0 Å². The number of aromatic nitrogens is 1. The van der Waals surface area contributed by atoms with Crippen molar-refractivity contribution in [3.8, 4) is 0 Å². The van der Waals surface area contributed by atoms with E-state index in [1.807, 2.05) is 0 Å². The lowest BCUT2D eigenvalue weighted by atomic mass is 10.5. The third kappa shape index (κ3) is 1.74. The first-order valence-corrected chi connectivity index (χ1v) is 5.59. The minimum Gasteiger partial charge on any atom is -0.342 e. The highest BCUT2D eigenvalue weighted by Gasteiger charge is 2.22. The molecular weight excluding hydrogens is 257 g/mol. The molecule has 0 saturated carbocycles. The van der Waals surface area contributed by atoms with Gasteiger partial charge in [0.1, 0.15) is 4.47 Å². The highest BCUT2D eigenvalue weighted by atomic mass is 79.9. The Morgan fingerprint density at radius 3 is 2.36 bits per heavy atom. The Bertz CT molecular complexity index is 371. The molecule has 1 rings (SSSR count). The first-order valence-electron chi connectivity index (χ1n) is 2.49. The fourth-order valence-electron chi connectivity index (χ4n) is 0.489. The zero-order chi connectivity index (χ0) is 8.65. The van der Waals surface area contributed by atoms with E-state index in [4.69, 9.17) is 10.7 Å². The highest BCUT2D eigenvalue weighted by Crippen LogP contribution is 2.27. The molecule has 0 amide bonds. The van der Waals surface area contributed by atoms with Crippen LogP contribution in [0, 0.1) is 6.92 Å². The van der Waals surface area contributed by atoms with Crippen molar-refractivity contribution >= 4 is 35.7 Å².